The van der Waals surface area contributed by atoms with Gasteiger partial charge in [0, 0.05) is 0 Å². The Balaban J connectivity index is 0.000000223. The Morgan fingerprint density at radius 2 is 0.242 bits per heavy atom. The summed E-state index contributed by atoms with van der Waals surface area (Å²) < 4.78 is 0. The average molecular weight is 1980 g/mol. The van der Waals surface area contributed by atoms with E-state index >= 15 is 0 Å². The van der Waals surface area contributed by atoms with Crippen molar-refractivity contribution in [1.29, 1.82) is 0 Å². The minimum atomic E-state index is -0.483. The second kappa shape index (κ2) is 54.0. The van der Waals surface area contributed by atoms with Crippen molar-refractivity contribution in [3.63, 3.8) is 0 Å². The Kier molecular flexibility index (Phi) is 43.8. The number of hydrogen-bond donors (Lipinski definition) is 0. The Morgan fingerprint density at radius 1 is 0.150 bits per heavy atom. The van der Waals surface area contributed by atoms with Crippen molar-refractivity contribution in [3.8, 4) is 82.9 Å². The summed E-state index contributed by atoms with van der Waals surface area (Å²) in [6.07, 6.45) is 12.9. The van der Waals surface area contributed by atoms with Gasteiger partial charge in [-0.2, -0.15) is 71.8 Å². The van der Waals surface area contributed by atoms with Crippen molar-refractivity contribution in [1.82, 2.24) is 0 Å². The monoisotopic (exact) mass is 1980 g/mol. The minimum Gasteiger partial charge on any atom is -0.358 e. The molecule has 0 radical (unpaired) electrons. The van der Waals surface area contributed by atoms with E-state index in [0.29, 0.717) is 0 Å². The topological polar surface area (TPSA) is 0 Å². The van der Waals surface area contributed by atoms with Crippen molar-refractivity contribution in [2.24, 2.45) is 0 Å². The van der Waals surface area contributed by atoms with Crippen molar-refractivity contribution in [2.75, 3.05) is 0 Å². The minimum absolute atomic E-state index is 0. The van der Waals surface area contributed by atoms with E-state index in [1.165, 1.54) is 142 Å². The molecule has 0 atom stereocenters. The van der Waals surface area contributed by atoms with Crippen molar-refractivity contribution in [2.45, 2.75) is 96.9 Å². The average Bonchev–Trinajstić information content (AvgIpc) is 0.826. The summed E-state index contributed by atoms with van der Waals surface area (Å²) in [6, 6.07) is 129. The maximum absolute atomic E-state index is 6.45. The quantitative estimate of drug-likeness (QED) is 0.0650. The number of rotatable bonds is 12. The molecule has 0 unspecified atom stereocenters. The molecular weight excluding hydrogens is 1880 g/mol. The van der Waals surface area contributed by atoms with Crippen LogP contribution < -0.4 is 63.7 Å². The third kappa shape index (κ3) is 34.5. The van der Waals surface area contributed by atoms with Gasteiger partial charge >= 0.3 is 42.1 Å². The molecule has 0 saturated heterocycles. The number of benzene rings is 14. The van der Waals surface area contributed by atoms with Crippen LogP contribution in [0.4, 0.5) is 0 Å². The summed E-state index contributed by atoms with van der Waals surface area (Å²) >= 11 is 0. The van der Waals surface area contributed by atoms with Gasteiger partial charge < -0.3 is 12.8 Å². The van der Waals surface area contributed by atoms with Crippen LogP contribution in [-0.4, -0.2) is 0 Å². The molecule has 0 saturated carbocycles. The SMILES string of the molecule is Cc1cc[c-]cc1.Cc1cc[c-]cc1.Cc1ccc(P(c2ccc(C)cc2)c2ccc(C)cc2)cc1.Cc1ccc(P(c2ccc(C)cc2)c2ccc(C)cc2)cc1.Cc1ccc(P(c2ccc(C)cc2)c2ccc(C)cc2)cc1.Cc1ccc(P(c2ccc(C)cc2)c2ccc(C)cc2)cc1.[C-]#CC#CC#CC#CC#CC#CC#CC#[C-].[Pt+2].[Pt+2]. The molecule has 0 aliphatic heterocycles. The molecule has 14 aromatic rings. The smallest absolute Gasteiger partial charge is 0.358 e. The summed E-state index contributed by atoms with van der Waals surface area (Å²) in [6.45, 7) is 29.8. The standard InChI is InChI=1S/4C21H21P.C16.2C7H7.2Pt/c4*1-16-4-10-19(11-5-16)22(20-12-6-17(2)7-13-20)21-14-8-18(3)9-15-21;1-3-5-7-9-11-13-15-16-14-12-10-8-6-4-2;2*1-7-5-3-2-4-6-7;;/h4*4-15H,1-3H3;;2*3-6H,1H3;;/q;;;;-2;2*-1;2*+2. The van der Waals surface area contributed by atoms with Gasteiger partial charge in [-0.3, -0.25) is 11.8 Å². The van der Waals surface area contributed by atoms with Gasteiger partial charge in [-0.05, 0) is 226 Å². The zero-order valence-corrected chi connectivity index (χ0v) is 78.9. The van der Waals surface area contributed by atoms with Crippen LogP contribution in [0.1, 0.15) is 77.9 Å². The van der Waals surface area contributed by atoms with Crippen LogP contribution in [-0.2, 0) is 42.1 Å². The molecule has 0 spiro atoms. The van der Waals surface area contributed by atoms with Crippen LogP contribution in [0.2, 0.25) is 0 Å². The maximum atomic E-state index is 6.45. The van der Waals surface area contributed by atoms with Gasteiger partial charge in [0.25, 0.3) is 0 Å². The van der Waals surface area contributed by atoms with Gasteiger partial charge in [0.15, 0.2) is 0 Å². The molecule has 0 nitrogen and oxygen atoms in total. The maximum Gasteiger partial charge on any atom is 2.00 e. The van der Waals surface area contributed by atoms with Crippen LogP contribution in [0.5, 0.6) is 0 Å². The fourth-order valence-electron chi connectivity index (χ4n) is 11.4. The van der Waals surface area contributed by atoms with E-state index < -0.39 is 31.7 Å². The van der Waals surface area contributed by atoms with Crippen LogP contribution in [0.3, 0.4) is 0 Å². The first-order valence-corrected chi connectivity index (χ1v) is 44.3. The Hall–Kier alpha value is -11.3. The summed E-state index contributed by atoms with van der Waals surface area (Å²) in [7, 11) is -1.93. The molecule has 14 aromatic carbocycles. The van der Waals surface area contributed by atoms with E-state index in [4.69, 9.17) is 12.8 Å². The van der Waals surface area contributed by atoms with Crippen molar-refractivity contribution >= 4 is 95.3 Å². The van der Waals surface area contributed by atoms with Gasteiger partial charge in [0.1, 0.15) is 0 Å². The molecule has 14 rings (SSSR count). The summed E-state index contributed by atoms with van der Waals surface area (Å²) in [5, 5.41) is 16.9. The zero-order chi connectivity index (χ0) is 84.2. The molecule has 0 aliphatic carbocycles. The summed E-state index contributed by atoms with van der Waals surface area (Å²) in [5.74, 6) is 32.1. The zero-order valence-electron chi connectivity index (χ0n) is 70.8. The van der Waals surface area contributed by atoms with Crippen LogP contribution in [0.15, 0.2) is 340 Å². The fraction of sp³-hybridized carbons (Fsp3) is 0.123. The first-order chi connectivity index (χ1) is 57.2. The summed E-state index contributed by atoms with van der Waals surface area (Å²) in [5.41, 5.74) is 18.3. The molecule has 594 valence electrons. The number of aryl methyl sites for hydroxylation is 14. The molecule has 0 bridgehead atoms. The first-order valence-electron chi connectivity index (χ1n) is 38.9. The molecule has 0 fully saturated rings. The van der Waals surface area contributed by atoms with Gasteiger partial charge in [0.05, 0.1) is 0 Å². The van der Waals surface area contributed by atoms with Crippen LogP contribution in [0, 0.1) is 205 Å². The molecule has 0 heterocycles. The van der Waals surface area contributed by atoms with E-state index in [0.717, 1.165) is 0 Å². The largest absolute Gasteiger partial charge is 2.00 e. The molecular formula is C114H98P4Pt2. The predicted molar refractivity (Wildman–Crippen MR) is 518 cm³/mol. The van der Waals surface area contributed by atoms with E-state index in [-0.39, 0.29) is 42.1 Å². The Bertz CT molecular complexity index is 4840. The molecule has 0 aliphatic rings. The van der Waals surface area contributed by atoms with Crippen molar-refractivity contribution in [3.05, 3.63) is 443 Å². The molecule has 0 aromatic heterocycles. The Morgan fingerprint density at radius 3 is 0.325 bits per heavy atom. The molecule has 0 N–H and O–H groups in total. The normalized spacial score (nSPS) is 9.50. The van der Waals surface area contributed by atoms with E-state index in [1.54, 1.807) is 0 Å². The van der Waals surface area contributed by atoms with Gasteiger partial charge in [-0.25, -0.2) is 11.8 Å². The Labute approximate surface area is 753 Å². The first kappa shape index (κ1) is 97.5. The third-order valence-electron chi connectivity index (χ3n) is 18.1. The number of hydrogen-bond acceptors (Lipinski definition) is 0. The van der Waals surface area contributed by atoms with E-state index in [9.17, 15) is 0 Å². The third-order valence-corrected chi connectivity index (χ3v) is 27.9. The second-order valence-electron chi connectivity index (χ2n) is 28.3. The van der Waals surface area contributed by atoms with Gasteiger partial charge in [-0.15, -0.1) is 11.8 Å². The molecule has 120 heavy (non-hydrogen) atoms. The second-order valence-corrected chi connectivity index (χ2v) is 37.2. The van der Waals surface area contributed by atoms with Crippen molar-refractivity contribution < 1.29 is 42.1 Å². The van der Waals surface area contributed by atoms with Crippen LogP contribution >= 0.6 is 31.7 Å². The summed E-state index contributed by atoms with van der Waals surface area (Å²) in [4.78, 5) is 0. The van der Waals surface area contributed by atoms with E-state index in [2.05, 4.69) is 471 Å². The van der Waals surface area contributed by atoms with Crippen LogP contribution in [0.25, 0.3) is 0 Å². The fourth-order valence-corrected chi connectivity index (χ4v) is 20.4. The van der Waals surface area contributed by atoms with Gasteiger partial charge in [0.2, 0.25) is 0 Å². The predicted octanol–water partition coefficient (Wildman–Crippen LogP) is 21.3. The van der Waals surface area contributed by atoms with Gasteiger partial charge in [-0.1, -0.05) is 372 Å². The molecule has 6 heteroatoms. The molecule has 0 amide bonds. The van der Waals surface area contributed by atoms with E-state index in [1.807, 2.05) is 60.4 Å².